The Balaban J connectivity index is 1.56. The molecule has 1 atom stereocenters. The summed E-state index contributed by atoms with van der Waals surface area (Å²) in [5.41, 5.74) is 1.26. The van der Waals surface area contributed by atoms with Crippen LogP contribution in [0, 0.1) is 17.6 Å². The number of anilines is 1. The highest BCUT2D eigenvalue weighted by atomic mass is 19.2. The molecule has 0 unspecified atom stereocenters. The summed E-state index contributed by atoms with van der Waals surface area (Å²) in [4.78, 5) is 23.0. The molecule has 0 bridgehead atoms. The summed E-state index contributed by atoms with van der Waals surface area (Å²) in [7, 11) is 0. The maximum atomic E-state index is 13.4. The average molecular weight is 388 g/mol. The van der Waals surface area contributed by atoms with Crippen LogP contribution in [-0.2, 0) is 6.42 Å². The molecule has 0 spiro atoms. The van der Waals surface area contributed by atoms with E-state index in [1.54, 1.807) is 18.5 Å². The van der Waals surface area contributed by atoms with Crippen molar-refractivity contribution in [2.24, 2.45) is 5.92 Å². The van der Waals surface area contributed by atoms with Crippen molar-refractivity contribution in [1.29, 1.82) is 0 Å². The lowest BCUT2D eigenvalue weighted by molar-refractivity contribution is 0.0667. The van der Waals surface area contributed by atoms with E-state index in [1.807, 2.05) is 18.7 Å². The minimum Gasteiger partial charge on any atom is -0.352 e. The SMILES string of the molecule is CC(C)Nc1ncc(C(=O)N2CCC[C@@H](CCc3ccc(F)c(F)c3)C2)cn1. The van der Waals surface area contributed by atoms with Gasteiger partial charge in [0.25, 0.3) is 5.91 Å². The van der Waals surface area contributed by atoms with Crippen LogP contribution in [0.4, 0.5) is 14.7 Å². The fraction of sp³-hybridized carbons (Fsp3) is 0.476. The number of hydrogen-bond acceptors (Lipinski definition) is 4. The minimum absolute atomic E-state index is 0.0615. The molecule has 1 aromatic carbocycles. The summed E-state index contributed by atoms with van der Waals surface area (Å²) in [5, 5.41) is 3.10. The molecule has 0 saturated carbocycles. The van der Waals surface area contributed by atoms with E-state index in [9.17, 15) is 13.6 Å². The molecule has 7 heteroatoms. The highest BCUT2D eigenvalue weighted by molar-refractivity contribution is 5.93. The minimum atomic E-state index is -0.824. The van der Waals surface area contributed by atoms with Gasteiger partial charge in [-0.2, -0.15) is 0 Å². The largest absolute Gasteiger partial charge is 0.352 e. The summed E-state index contributed by atoms with van der Waals surface area (Å²) in [6.45, 7) is 5.37. The Morgan fingerprint density at radius 1 is 1.25 bits per heavy atom. The Hall–Kier alpha value is -2.57. The van der Waals surface area contributed by atoms with Crippen LogP contribution in [0.1, 0.15) is 49.0 Å². The Morgan fingerprint density at radius 3 is 2.68 bits per heavy atom. The lowest BCUT2D eigenvalue weighted by Crippen LogP contribution is -2.40. The highest BCUT2D eigenvalue weighted by Crippen LogP contribution is 2.23. The first-order valence-corrected chi connectivity index (χ1v) is 9.74. The molecular weight excluding hydrogens is 362 g/mol. The molecule has 1 amide bonds. The second-order valence-electron chi connectivity index (χ2n) is 7.64. The highest BCUT2D eigenvalue weighted by Gasteiger charge is 2.25. The smallest absolute Gasteiger partial charge is 0.257 e. The molecular formula is C21H26F2N4O. The van der Waals surface area contributed by atoms with E-state index < -0.39 is 11.6 Å². The molecule has 1 aliphatic heterocycles. The van der Waals surface area contributed by atoms with Crippen LogP contribution in [-0.4, -0.2) is 39.9 Å². The molecule has 1 aliphatic rings. The lowest BCUT2D eigenvalue weighted by Gasteiger charge is -2.33. The fourth-order valence-corrected chi connectivity index (χ4v) is 3.50. The maximum Gasteiger partial charge on any atom is 0.257 e. The summed E-state index contributed by atoms with van der Waals surface area (Å²) in [6.07, 6.45) is 6.59. The summed E-state index contributed by atoms with van der Waals surface area (Å²) in [6, 6.07) is 4.26. The normalized spacial score (nSPS) is 17.0. The van der Waals surface area contributed by atoms with Gasteiger partial charge in [0.1, 0.15) is 0 Å². The molecule has 2 aromatic rings. The van der Waals surface area contributed by atoms with Crippen molar-refractivity contribution in [2.45, 2.75) is 45.6 Å². The van der Waals surface area contributed by atoms with Gasteiger partial charge in [0, 0.05) is 31.5 Å². The van der Waals surface area contributed by atoms with Crippen LogP contribution in [0.5, 0.6) is 0 Å². The first kappa shape index (κ1) is 20.2. The third kappa shape index (κ3) is 5.24. The number of hydrogen-bond donors (Lipinski definition) is 1. The van der Waals surface area contributed by atoms with E-state index in [2.05, 4.69) is 15.3 Å². The Bertz CT molecular complexity index is 811. The number of rotatable bonds is 6. The van der Waals surface area contributed by atoms with Crippen molar-refractivity contribution in [1.82, 2.24) is 14.9 Å². The zero-order valence-corrected chi connectivity index (χ0v) is 16.3. The Kier molecular flexibility index (Phi) is 6.54. The molecule has 0 radical (unpaired) electrons. The van der Waals surface area contributed by atoms with Gasteiger partial charge in [-0.05, 0) is 63.1 Å². The van der Waals surface area contributed by atoms with Gasteiger partial charge >= 0.3 is 0 Å². The first-order valence-electron chi connectivity index (χ1n) is 9.74. The molecule has 28 heavy (non-hydrogen) atoms. The zero-order chi connectivity index (χ0) is 20.1. The third-order valence-corrected chi connectivity index (χ3v) is 4.95. The zero-order valence-electron chi connectivity index (χ0n) is 16.3. The van der Waals surface area contributed by atoms with Crippen molar-refractivity contribution in [3.63, 3.8) is 0 Å². The summed E-state index contributed by atoms with van der Waals surface area (Å²) < 4.78 is 26.4. The number of nitrogens with one attached hydrogen (secondary N) is 1. The second-order valence-corrected chi connectivity index (χ2v) is 7.64. The Labute approximate surface area is 164 Å². The van der Waals surface area contributed by atoms with Crippen molar-refractivity contribution < 1.29 is 13.6 Å². The molecule has 1 fully saturated rings. The molecule has 0 aliphatic carbocycles. The number of carbonyl (C=O) groups is 1. The second kappa shape index (κ2) is 9.08. The Morgan fingerprint density at radius 2 is 2.00 bits per heavy atom. The fourth-order valence-electron chi connectivity index (χ4n) is 3.50. The number of piperidine rings is 1. The maximum absolute atomic E-state index is 13.4. The van der Waals surface area contributed by atoms with Gasteiger partial charge in [-0.1, -0.05) is 6.07 Å². The van der Waals surface area contributed by atoms with E-state index in [-0.39, 0.29) is 11.9 Å². The molecule has 150 valence electrons. The van der Waals surface area contributed by atoms with Crippen molar-refractivity contribution >= 4 is 11.9 Å². The van der Waals surface area contributed by atoms with Crippen molar-refractivity contribution in [3.8, 4) is 0 Å². The summed E-state index contributed by atoms with van der Waals surface area (Å²) >= 11 is 0. The number of nitrogens with zero attached hydrogens (tertiary/aromatic N) is 3. The van der Waals surface area contributed by atoms with Crippen molar-refractivity contribution in [2.75, 3.05) is 18.4 Å². The standard InChI is InChI=1S/C21H26F2N4O/c1-14(2)26-21-24-11-17(12-25-21)20(28)27-9-3-4-16(13-27)6-5-15-7-8-18(22)19(23)10-15/h7-8,10-12,14,16H,3-6,9,13H2,1-2H3,(H,24,25,26)/t16-/m0/s1. The van der Waals surface area contributed by atoms with Crippen LogP contribution < -0.4 is 5.32 Å². The predicted molar refractivity (Wildman–Crippen MR) is 104 cm³/mol. The number of amides is 1. The average Bonchev–Trinajstić information content (AvgIpc) is 2.69. The molecule has 3 rings (SSSR count). The number of aromatic nitrogens is 2. The van der Waals surface area contributed by atoms with Gasteiger partial charge < -0.3 is 10.2 Å². The molecule has 1 aromatic heterocycles. The van der Waals surface area contributed by atoms with E-state index in [0.717, 1.165) is 24.8 Å². The van der Waals surface area contributed by atoms with E-state index in [4.69, 9.17) is 0 Å². The lowest BCUT2D eigenvalue weighted by atomic mass is 9.91. The first-order chi connectivity index (χ1) is 13.4. The van der Waals surface area contributed by atoms with Crippen LogP contribution >= 0.6 is 0 Å². The van der Waals surface area contributed by atoms with E-state index >= 15 is 0 Å². The molecule has 1 N–H and O–H groups in total. The van der Waals surface area contributed by atoms with Gasteiger partial charge in [0.05, 0.1) is 5.56 Å². The molecule has 5 nitrogen and oxygen atoms in total. The summed E-state index contributed by atoms with van der Waals surface area (Å²) in [5.74, 6) is -0.847. The van der Waals surface area contributed by atoms with E-state index in [1.165, 1.54) is 12.1 Å². The van der Waals surface area contributed by atoms with Gasteiger partial charge in [-0.25, -0.2) is 18.7 Å². The van der Waals surface area contributed by atoms with Crippen LogP contribution in [0.25, 0.3) is 0 Å². The molecule has 2 heterocycles. The van der Waals surface area contributed by atoms with Crippen LogP contribution in [0.3, 0.4) is 0 Å². The number of likely N-dealkylation sites (tertiary alicyclic amines) is 1. The van der Waals surface area contributed by atoms with Crippen LogP contribution in [0.15, 0.2) is 30.6 Å². The molecule has 1 saturated heterocycles. The predicted octanol–water partition coefficient (Wildman–Crippen LogP) is 4.06. The third-order valence-electron chi connectivity index (χ3n) is 4.95. The van der Waals surface area contributed by atoms with Gasteiger partial charge in [0.15, 0.2) is 11.6 Å². The van der Waals surface area contributed by atoms with E-state index in [0.29, 0.717) is 36.9 Å². The number of benzene rings is 1. The van der Waals surface area contributed by atoms with Crippen LogP contribution in [0.2, 0.25) is 0 Å². The number of halogens is 2. The van der Waals surface area contributed by atoms with Crippen molar-refractivity contribution in [3.05, 3.63) is 53.4 Å². The number of carbonyl (C=O) groups excluding carboxylic acids is 1. The topological polar surface area (TPSA) is 58.1 Å². The van der Waals surface area contributed by atoms with Gasteiger partial charge in [-0.15, -0.1) is 0 Å². The van der Waals surface area contributed by atoms with Gasteiger partial charge in [-0.3, -0.25) is 4.79 Å². The number of aryl methyl sites for hydroxylation is 1. The quantitative estimate of drug-likeness (QED) is 0.811. The van der Waals surface area contributed by atoms with Gasteiger partial charge in [0.2, 0.25) is 5.95 Å². The monoisotopic (exact) mass is 388 g/mol.